The van der Waals surface area contributed by atoms with Crippen LogP contribution in [0.25, 0.3) is 0 Å². The van der Waals surface area contributed by atoms with E-state index in [4.69, 9.17) is 0 Å². The molecular formula is C12H25NS. The third-order valence-electron chi connectivity index (χ3n) is 3.18. The first-order valence-electron chi connectivity index (χ1n) is 6.14. The zero-order valence-corrected chi connectivity index (χ0v) is 10.5. The molecule has 0 aliphatic heterocycles. The lowest BCUT2D eigenvalue weighted by Crippen LogP contribution is -2.27. The van der Waals surface area contributed by atoms with Crippen LogP contribution < -0.4 is 5.32 Å². The van der Waals surface area contributed by atoms with Gasteiger partial charge >= 0.3 is 0 Å². The van der Waals surface area contributed by atoms with Crippen LogP contribution in [0, 0.1) is 5.92 Å². The lowest BCUT2D eigenvalue weighted by atomic mass is 10.1. The molecule has 1 saturated carbocycles. The second-order valence-electron chi connectivity index (χ2n) is 4.49. The number of hydrogen-bond acceptors (Lipinski definition) is 2. The summed E-state index contributed by atoms with van der Waals surface area (Å²) in [6, 6.07) is 0.696. The van der Waals surface area contributed by atoms with Crippen molar-refractivity contribution in [2.24, 2.45) is 5.92 Å². The highest BCUT2D eigenvalue weighted by molar-refractivity contribution is 7.99. The monoisotopic (exact) mass is 215 g/mol. The maximum Gasteiger partial charge on any atom is 0.00583 e. The topological polar surface area (TPSA) is 12.0 Å². The molecule has 1 aliphatic carbocycles. The van der Waals surface area contributed by atoms with Gasteiger partial charge in [-0.3, -0.25) is 0 Å². The molecule has 0 heterocycles. The van der Waals surface area contributed by atoms with Gasteiger partial charge in [-0.05, 0) is 37.9 Å². The molecule has 0 amide bonds. The second kappa shape index (κ2) is 7.58. The fraction of sp³-hybridized carbons (Fsp3) is 1.00. The summed E-state index contributed by atoms with van der Waals surface area (Å²) < 4.78 is 0. The fourth-order valence-electron chi connectivity index (χ4n) is 1.95. The Labute approximate surface area is 93.4 Å². The summed E-state index contributed by atoms with van der Waals surface area (Å²) in [6.07, 6.45) is 7.19. The highest BCUT2D eigenvalue weighted by Gasteiger charge is 2.14. The summed E-state index contributed by atoms with van der Waals surface area (Å²) >= 11 is 2.14. The average Bonchev–Trinajstić information content (AvgIpc) is 2.69. The Morgan fingerprint density at radius 1 is 1.36 bits per heavy atom. The summed E-state index contributed by atoms with van der Waals surface area (Å²) in [5, 5.41) is 3.54. The summed E-state index contributed by atoms with van der Waals surface area (Å²) in [5.74, 6) is 3.74. The summed E-state index contributed by atoms with van der Waals surface area (Å²) in [4.78, 5) is 0. The van der Waals surface area contributed by atoms with Crippen LogP contribution in [0.3, 0.4) is 0 Å². The molecule has 1 nitrogen and oxygen atoms in total. The SMILES string of the molecule is CCC(C)NCCSCC1CCCC1. The van der Waals surface area contributed by atoms with Gasteiger partial charge in [0.05, 0.1) is 0 Å². The van der Waals surface area contributed by atoms with Gasteiger partial charge in [-0.15, -0.1) is 0 Å². The van der Waals surface area contributed by atoms with E-state index in [1.54, 1.807) is 0 Å². The maximum absolute atomic E-state index is 3.54. The Balaban J connectivity index is 1.84. The van der Waals surface area contributed by atoms with Crippen molar-refractivity contribution in [1.29, 1.82) is 0 Å². The van der Waals surface area contributed by atoms with Crippen LogP contribution in [0.1, 0.15) is 46.0 Å². The summed E-state index contributed by atoms with van der Waals surface area (Å²) in [5.41, 5.74) is 0. The average molecular weight is 215 g/mol. The minimum Gasteiger partial charge on any atom is -0.313 e. The Hall–Kier alpha value is 0.310. The van der Waals surface area contributed by atoms with Crippen molar-refractivity contribution in [3.63, 3.8) is 0 Å². The lowest BCUT2D eigenvalue weighted by Gasteiger charge is -2.12. The van der Waals surface area contributed by atoms with E-state index in [9.17, 15) is 0 Å². The third kappa shape index (κ3) is 5.26. The predicted octanol–water partition coefficient (Wildman–Crippen LogP) is 3.30. The molecule has 0 aromatic carbocycles. The van der Waals surface area contributed by atoms with E-state index < -0.39 is 0 Å². The summed E-state index contributed by atoms with van der Waals surface area (Å²) in [7, 11) is 0. The van der Waals surface area contributed by atoms with Gasteiger partial charge in [-0.25, -0.2) is 0 Å². The smallest absolute Gasteiger partial charge is 0.00583 e. The largest absolute Gasteiger partial charge is 0.313 e. The molecule has 0 aromatic heterocycles. The molecule has 1 aliphatic rings. The normalized spacial score (nSPS) is 20.1. The first-order valence-corrected chi connectivity index (χ1v) is 7.29. The van der Waals surface area contributed by atoms with E-state index in [1.165, 1.54) is 50.2 Å². The van der Waals surface area contributed by atoms with Crippen molar-refractivity contribution in [1.82, 2.24) is 5.32 Å². The Morgan fingerprint density at radius 3 is 2.71 bits per heavy atom. The number of thioether (sulfide) groups is 1. The third-order valence-corrected chi connectivity index (χ3v) is 4.38. The minimum absolute atomic E-state index is 0.696. The van der Waals surface area contributed by atoms with Crippen LogP contribution >= 0.6 is 11.8 Å². The van der Waals surface area contributed by atoms with E-state index in [2.05, 4.69) is 30.9 Å². The fourth-order valence-corrected chi connectivity index (χ4v) is 3.04. The van der Waals surface area contributed by atoms with Gasteiger partial charge in [-0.1, -0.05) is 19.8 Å². The van der Waals surface area contributed by atoms with Gasteiger partial charge in [-0.2, -0.15) is 11.8 Å². The van der Waals surface area contributed by atoms with Crippen molar-refractivity contribution < 1.29 is 0 Å². The quantitative estimate of drug-likeness (QED) is 0.654. The molecule has 1 fully saturated rings. The molecule has 1 atom stereocenters. The van der Waals surface area contributed by atoms with E-state index in [1.807, 2.05) is 0 Å². The number of rotatable bonds is 7. The number of hydrogen-bond donors (Lipinski definition) is 1. The van der Waals surface area contributed by atoms with Crippen molar-refractivity contribution in [3.05, 3.63) is 0 Å². The first kappa shape index (κ1) is 12.4. The van der Waals surface area contributed by atoms with Gasteiger partial charge in [0.2, 0.25) is 0 Å². The van der Waals surface area contributed by atoms with Gasteiger partial charge in [0, 0.05) is 18.3 Å². The van der Waals surface area contributed by atoms with E-state index in [0.29, 0.717) is 6.04 Å². The molecule has 84 valence electrons. The molecule has 1 unspecified atom stereocenters. The van der Waals surface area contributed by atoms with Crippen molar-refractivity contribution in [2.45, 2.75) is 52.0 Å². The zero-order valence-electron chi connectivity index (χ0n) is 9.72. The maximum atomic E-state index is 3.54. The lowest BCUT2D eigenvalue weighted by molar-refractivity contribution is 0.555. The Morgan fingerprint density at radius 2 is 2.07 bits per heavy atom. The van der Waals surface area contributed by atoms with E-state index >= 15 is 0 Å². The molecule has 1 rings (SSSR count). The van der Waals surface area contributed by atoms with Crippen LogP contribution in [0.2, 0.25) is 0 Å². The van der Waals surface area contributed by atoms with Gasteiger partial charge in [0.25, 0.3) is 0 Å². The molecule has 14 heavy (non-hydrogen) atoms. The molecule has 0 saturated heterocycles. The van der Waals surface area contributed by atoms with Gasteiger partial charge in [0.1, 0.15) is 0 Å². The molecule has 0 spiro atoms. The Kier molecular flexibility index (Phi) is 6.70. The van der Waals surface area contributed by atoms with E-state index in [-0.39, 0.29) is 0 Å². The summed E-state index contributed by atoms with van der Waals surface area (Å²) in [6.45, 7) is 5.69. The van der Waals surface area contributed by atoms with Crippen molar-refractivity contribution in [2.75, 3.05) is 18.1 Å². The predicted molar refractivity (Wildman–Crippen MR) is 67.0 cm³/mol. The van der Waals surface area contributed by atoms with Crippen LogP contribution in [0.5, 0.6) is 0 Å². The number of nitrogens with one attached hydrogen (secondary N) is 1. The zero-order chi connectivity index (χ0) is 10.2. The molecule has 1 N–H and O–H groups in total. The molecule has 0 aromatic rings. The van der Waals surface area contributed by atoms with Crippen molar-refractivity contribution >= 4 is 11.8 Å². The van der Waals surface area contributed by atoms with Gasteiger partial charge < -0.3 is 5.32 Å². The van der Waals surface area contributed by atoms with Crippen molar-refractivity contribution in [3.8, 4) is 0 Å². The standard InChI is InChI=1S/C12H25NS/c1-3-11(2)13-8-9-14-10-12-6-4-5-7-12/h11-13H,3-10H2,1-2H3. The van der Waals surface area contributed by atoms with E-state index in [0.717, 1.165) is 5.92 Å². The first-order chi connectivity index (χ1) is 6.83. The molecule has 0 radical (unpaired) electrons. The van der Waals surface area contributed by atoms with Crippen LogP contribution in [-0.2, 0) is 0 Å². The van der Waals surface area contributed by atoms with Gasteiger partial charge in [0.15, 0.2) is 0 Å². The molecule has 0 bridgehead atoms. The molecule has 2 heteroatoms. The second-order valence-corrected chi connectivity index (χ2v) is 5.64. The van der Waals surface area contributed by atoms with Crippen LogP contribution in [-0.4, -0.2) is 24.1 Å². The van der Waals surface area contributed by atoms with Crippen LogP contribution in [0.15, 0.2) is 0 Å². The highest BCUT2D eigenvalue weighted by Crippen LogP contribution is 2.27. The highest BCUT2D eigenvalue weighted by atomic mass is 32.2. The van der Waals surface area contributed by atoms with Crippen LogP contribution in [0.4, 0.5) is 0 Å². The minimum atomic E-state index is 0.696. The Bertz CT molecular complexity index is 132. The molecular weight excluding hydrogens is 190 g/mol.